The Labute approximate surface area is 397 Å². The van der Waals surface area contributed by atoms with E-state index in [2.05, 4.69) is 211 Å². The molecule has 318 valence electrons. The summed E-state index contributed by atoms with van der Waals surface area (Å²) in [7, 11) is 0. The van der Waals surface area contributed by atoms with Crippen molar-refractivity contribution < 1.29 is 0 Å². The molecular weight excluding hydrogens is 845 g/mol. The van der Waals surface area contributed by atoms with Crippen LogP contribution < -0.4 is 0 Å². The Kier molecular flexibility index (Phi) is 9.66. The summed E-state index contributed by atoms with van der Waals surface area (Å²) in [6.45, 7) is 0. The van der Waals surface area contributed by atoms with E-state index in [0.717, 1.165) is 66.9 Å². The van der Waals surface area contributed by atoms with Crippen molar-refractivity contribution in [2.45, 2.75) is 0 Å². The van der Waals surface area contributed by atoms with Gasteiger partial charge in [-0.1, -0.05) is 206 Å². The monoisotopic (exact) mass is 884 g/mol. The lowest BCUT2D eigenvalue weighted by Crippen LogP contribution is -2.01. The summed E-state index contributed by atoms with van der Waals surface area (Å²) in [5.41, 5.74) is 15.4. The quantitative estimate of drug-likeness (QED) is 0.153. The van der Waals surface area contributed by atoms with E-state index in [-0.39, 0.29) is 0 Å². The van der Waals surface area contributed by atoms with E-state index in [1.54, 1.807) is 0 Å². The third-order valence-corrected chi connectivity index (χ3v) is 14.3. The first-order chi connectivity index (χ1) is 33.7. The fourth-order valence-electron chi connectivity index (χ4n) is 9.96. The number of nitrogens with zero attached hydrogens (tertiary/aromatic N) is 4. The van der Waals surface area contributed by atoms with Crippen molar-refractivity contribution in [3.8, 4) is 84.4 Å². The molecule has 0 N–H and O–H groups in total. The van der Waals surface area contributed by atoms with Gasteiger partial charge in [-0.2, -0.15) is 0 Å². The van der Waals surface area contributed by atoms with Gasteiger partial charge >= 0.3 is 0 Å². The lowest BCUT2D eigenvalue weighted by Gasteiger charge is -2.19. The maximum Gasteiger partial charge on any atom is 0.164 e. The molecular formula is C63H40N4S. The molecule has 3 heterocycles. The molecule has 0 amide bonds. The van der Waals surface area contributed by atoms with Crippen LogP contribution in [0.15, 0.2) is 243 Å². The molecule has 0 fully saturated rings. The fraction of sp³-hybridized carbons (Fsp3) is 0. The SMILES string of the molecule is c1ccc(-c2nc(-c3ccccc3)nc(-c3cc(-c4c(-c5ccccc5)cccc4-c4ccccc4)ccc3-c3cccc4c3sc3cc5c(cc34)c3ccccc3n5-c3ccccc3)n2)cc1. The highest BCUT2D eigenvalue weighted by Gasteiger charge is 2.23. The molecule has 0 atom stereocenters. The molecule has 68 heavy (non-hydrogen) atoms. The van der Waals surface area contributed by atoms with Gasteiger partial charge in [0.25, 0.3) is 0 Å². The van der Waals surface area contributed by atoms with Crippen LogP contribution in [0.5, 0.6) is 0 Å². The molecule has 0 spiro atoms. The van der Waals surface area contributed by atoms with Crippen molar-refractivity contribution in [1.82, 2.24) is 19.5 Å². The highest BCUT2D eigenvalue weighted by Crippen LogP contribution is 2.48. The lowest BCUT2D eigenvalue weighted by molar-refractivity contribution is 1.07. The van der Waals surface area contributed by atoms with Crippen LogP contribution >= 0.6 is 11.3 Å². The number of benzene rings is 10. The summed E-state index contributed by atoms with van der Waals surface area (Å²) < 4.78 is 4.86. The maximum absolute atomic E-state index is 5.38. The first-order valence-corrected chi connectivity index (χ1v) is 23.7. The van der Waals surface area contributed by atoms with Gasteiger partial charge in [-0.15, -0.1) is 11.3 Å². The highest BCUT2D eigenvalue weighted by molar-refractivity contribution is 7.26. The van der Waals surface area contributed by atoms with Crippen LogP contribution in [0.1, 0.15) is 0 Å². The molecule has 0 saturated carbocycles. The molecule has 0 saturated heterocycles. The number of hydrogen-bond donors (Lipinski definition) is 0. The van der Waals surface area contributed by atoms with Gasteiger partial charge in [-0.3, -0.25) is 0 Å². The van der Waals surface area contributed by atoms with E-state index < -0.39 is 0 Å². The minimum atomic E-state index is 0.611. The summed E-state index contributed by atoms with van der Waals surface area (Å²) in [5, 5.41) is 4.95. The molecule has 13 aromatic rings. The minimum Gasteiger partial charge on any atom is -0.309 e. The van der Waals surface area contributed by atoms with Crippen LogP contribution in [0.3, 0.4) is 0 Å². The Morgan fingerprint density at radius 2 is 0.809 bits per heavy atom. The molecule has 10 aromatic carbocycles. The Balaban J connectivity index is 1.10. The van der Waals surface area contributed by atoms with E-state index in [1.807, 2.05) is 47.7 Å². The van der Waals surface area contributed by atoms with Crippen LogP contribution in [0, 0.1) is 0 Å². The van der Waals surface area contributed by atoms with Gasteiger partial charge in [0.05, 0.1) is 11.0 Å². The Hall–Kier alpha value is -8.77. The summed E-state index contributed by atoms with van der Waals surface area (Å²) in [6, 6.07) is 86.4. The number of aromatic nitrogens is 4. The fourth-order valence-corrected chi connectivity index (χ4v) is 11.2. The van der Waals surface area contributed by atoms with Gasteiger partial charge in [-0.25, -0.2) is 15.0 Å². The van der Waals surface area contributed by atoms with Gasteiger partial charge in [0.1, 0.15) is 0 Å². The van der Waals surface area contributed by atoms with E-state index in [1.165, 1.54) is 42.0 Å². The Morgan fingerprint density at radius 1 is 0.294 bits per heavy atom. The molecule has 3 aromatic heterocycles. The van der Waals surface area contributed by atoms with E-state index >= 15 is 0 Å². The van der Waals surface area contributed by atoms with E-state index in [9.17, 15) is 0 Å². The number of fused-ring (bicyclic) bond motifs is 6. The Bertz CT molecular complexity index is 3880. The molecule has 13 rings (SSSR count). The third kappa shape index (κ3) is 6.79. The standard InChI is InChI=1S/C63H40N4S/c1-6-20-41(21-7-1)47-31-18-32-48(42-22-8-2-9-23-42)59(47)45-36-37-49(55(38-45)63-65-61(43-24-10-3-11-25-43)64-62(66-63)44-26-12-4-13-27-44)51-33-19-34-52-54-39-53-50-30-16-17-35-56(50)67(46-28-14-5-15-29-46)57(53)40-58(54)68-60(51)52/h1-40H. The van der Waals surface area contributed by atoms with Gasteiger partial charge < -0.3 is 4.57 Å². The second-order valence-electron chi connectivity index (χ2n) is 17.1. The third-order valence-electron chi connectivity index (χ3n) is 13.1. The second kappa shape index (κ2) is 16.6. The van der Waals surface area contributed by atoms with Crippen LogP contribution in [0.2, 0.25) is 0 Å². The summed E-state index contributed by atoms with van der Waals surface area (Å²) in [6.07, 6.45) is 0. The normalized spacial score (nSPS) is 11.5. The molecule has 4 nitrogen and oxygen atoms in total. The first kappa shape index (κ1) is 39.6. The second-order valence-corrected chi connectivity index (χ2v) is 18.1. The topological polar surface area (TPSA) is 43.6 Å². The maximum atomic E-state index is 5.38. The van der Waals surface area contributed by atoms with Crippen molar-refractivity contribution in [2.75, 3.05) is 0 Å². The minimum absolute atomic E-state index is 0.611. The summed E-state index contributed by atoms with van der Waals surface area (Å²) in [4.78, 5) is 15.9. The van der Waals surface area contributed by atoms with Gasteiger partial charge in [-0.05, 0) is 75.3 Å². The van der Waals surface area contributed by atoms with Gasteiger partial charge in [0.2, 0.25) is 0 Å². The first-order valence-electron chi connectivity index (χ1n) is 22.9. The lowest BCUT2D eigenvalue weighted by atomic mass is 9.85. The van der Waals surface area contributed by atoms with E-state index in [0.29, 0.717) is 17.5 Å². The molecule has 0 unspecified atom stereocenters. The van der Waals surface area contributed by atoms with Crippen molar-refractivity contribution in [1.29, 1.82) is 0 Å². The average molecular weight is 885 g/mol. The summed E-state index contributed by atoms with van der Waals surface area (Å²) >= 11 is 1.85. The van der Waals surface area contributed by atoms with Gasteiger partial charge in [0, 0.05) is 58.9 Å². The van der Waals surface area contributed by atoms with Crippen molar-refractivity contribution in [3.63, 3.8) is 0 Å². The zero-order valence-corrected chi connectivity index (χ0v) is 37.6. The molecule has 0 aliphatic carbocycles. The molecule has 0 aliphatic heterocycles. The largest absolute Gasteiger partial charge is 0.309 e. The predicted octanol–water partition coefficient (Wildman–Crippen LogP) is 17.0. The predicted molar refractivity (Wildman–Crippen MR) is 285 cm³/mol. The van der Waals surface area contributed by atoms with Gasteiger partial charge in [0.15, 0.2) is 17.5 Å². The van der Waals surface area contributed by atoms with Crippen LogP contribution in [-0.2, 0) is 0 Å². The van der Waals surface area contributed by atoms with Crippen LogP contribution in [-0.4, -0.2) is 19.5 Å². The number of hydrogen-bond acceptors (Lipinski definition) is 4. The van der Waals surface area contributed by atoms with Crippen molar-refractivity contribution in [2.24, 2.45) is 0 Å². The molecule has 0 aliphatic rings. The Morgan fingerprint density at radius 3 is 1.44 bits per heavy atom. The average Bonchev–Trinajstić information content (AvgIpc) is 3.95. The van der Waals surface area contributed by atoms with Crippen LogP contribution in [0.25, 0.3) is 126 Å². The molecule has 5 heteroatoms. The summed E-state index contributed by atoms with van der Waals surface area (Å²) in [5.74, 6) is 1.86. The number of thiophene rings is 1. The van der Waals surface area contributed by atoms with E-state index in [4.69, 9.17) is 15.0 Å². The van der Waals surface area contributed by atoms with Crippen molar-refractivity contribution in [3.05, 3.63) is 243 Å². The number of rotatable bonds is 8. The molecule has 0 bridgehead atoms. The molecule has 0 radical (unpaired) electrons. The van der Waals surface area contributed by atoms with Crippen LogP contribution in [0.4, 0.5) is 0 Å². The smallest absolute Gasteiger partial charge is 0.164 e. The van der Waals surface area contributed by atoms with Crippen molar-refractivity contribution >= 4 is 53.3 Å². The zero-order valence-electron chi connectivity index (χ0n) is 36.8. The zero-order chi connectivity index (χ0) is 45.0. The number of para-hydroxylation sites is 2. The highest BCUT2D eigenvalue weighted by atomic mass is 32.1.